The van der Waals surface area contributed by atoms with E-state index in [4.69, 9.17) is 0 Å². The Morgan fingerprint density at radius 3 is 2.60 bits per heavy atom. The molecule has 5 heteroatoms. The molecule has 1 N–H and O–H groups in total. The first kappa shape index (κ1) is 14.8. The fraction of sp³-hybridized carbons (Fsp3) is 0.667. The van der Waals surface area contributed by atoms with Crippen LogP contribution in [0.4, 0.5) is 11.5 Å². The lowest BCUT2D eigenvalue weighted by atomic mass is 9.81. The average Bonchev–Trinajstić information content (AvgIpc) is 2.45. The maximum absolute atomic E-state index is 11.1. The van der Waals surface area contributed by atoms with Crippen LogP contribution in [-0.4, -0.2) is 16.5 Å². The lowest BCUT2D eigenvalue weighted by molar-refractivity contribution is -0.384. The topological polar surface area (TPSA) is 68.1 Å². The molecule has 5 nitrogen and oxygen atoms in total. The molecule has 0 aliphatic heterocycles. The Balaban J connectivity index is 1.95. The monoisotopic (exact) mass is 277 g/mol. The summed E-state index contributed by atoms with van der Waals surface area (Å²) in [6.07, 6.45) is 7.89. The van der Waals surface area contributed by atoms with Crippen molar-refractivity contribution in [2.45, 2.75) is 46.0 Å². The van der Waals surface area contributed by atoms with Gasteiger partial charge in [0.1, 0.15) is 0 Å². The molecule has 1 aliphatic carbocycles. The molecular weight excluding hydrogens is 254 g/mol. The Morgan fingerprint density at radius 2 is 2.00 bits per heavy atom. The maximum atomic E-state index is 11.1. The smallest absolute Gasteiger partial charge is 0.314 e. The number of anilines is 1. The fourth-order valence-electron chi connectivity index (χ4n) is 3.00. The summed E-state index contributed by atoms with van der Waals surface area (Å²) in [5, 5.41) is 14.3. The zero-order valence-corrected chi connectivity index (χ0v) is 12.3. The van der Waals surface area contributed by atoms with E-state index in [-0.39, 0.29) is 10.6 Å². The predicted molar refractivity (Wildman–Crippen MR) is 79.9 cm³/mol. The van der Waals surface area contributed by atoms with Gasteiger partial charge in [-0.2, -0.15) is 0 Å². The Bertz CT molecular complexity index is 468. The summed E-state index contributed by atoms with van der Waals surface area (Å²) < 4.78 is 0. The molecule has 0 aromatic carbocycles. The summed E-state index contributed by atoms with van der Waals surface area (Å²) >= 11 is 0. The number of aryl methyl sites for hydroxylation is 1. The van der Waals surface area contributed by atoms with Crippen molar-refractivity contribution in [1.29, 1.82) is 0 Å². The van der Waals surface area contributed by atoms with E-state index in [2.05, 4.69) is 17.2 Å². The fourth-order valence-corrected chi connectivity index (χ4v) is 3.00. The van der Waals surface area contributed by atoms with Crippen molar-refractivity contribution in [2.24, 2.45) is 11.8 Å². The van der Waals surface area contributed by atoms with Gasteiger partial charge in [0.25, 0.3) is 0 Å². The van der Waals surface area contributed by atoms with Gasteiger partial charge in [-0.1, -0.05) is 26.2 Å². The van der Waals surface area contributed by atoms with E-state index < -0.39 is 0 Å². The highest BCUT2D eigenvalue weighted by Crippen LogP contribution is 2.31. The SMILES string of the molecule is CCC1CCC(CNc2nccc(C)c2[N+](=O)[O-])CC1. The summed E-state index contributed by atoms with van der Waals surface area (Å²) in [5.74, 6) is 1.89. The molecule has 0 spiro atoms. The predicted octanol–water partition coefficient (Wildman–Crippen LogP) is 3.93. The van der Waals surface area contributed by atoms with Gasteiger partial charge in [-0.05, 0) is 37.7 Å². The quantitative estimate of drug-likeness (QED) is 0.654. The van der Waals surface area contributed by atoms with Crippen molar-refractivity contribution < 1.29 is 4.92 Å². The van der Waals surface area contributed by atoms with Gasteiger partial charge in [-0.25, -0.2) is 4.98 Å². The highest BCUT2D eigenvalue weighted by atomic mass is 16.6. The van der Waals surface area contributed by atoms with Crippen molar-refractivity contribution in [1.82, 2.24) is 4.98 Å². The van der Waals surface area contributed by atoms with Crippen LogP contribution in [0.15, 0.2) is 12.3 Å². The minimum atomic E-state index is -0.349. The zero-order valence-electron chi connectivity index (χ0n) is 12.3. The Labute approximate surface area is 119 Å². The van der Waals surface area contributed by atoms with Crippen molar-refractivity contribution in [3.05, 3.63) is 27.9 Å². The van der Waals surface area contributed by atoms with Crippen LogP contribution in [0.5, 0.6) is 0 Å². The number of aromatic nitrogens is 1. The zero-order chi connectivity index (χ0) is 14.5. The van der Waals surface area contributed by atoms with Crippen LogP contribution in [0.3, 0.4) is 0 Å². The van der Waals surface area contributed by atoms with Gasteiger partial charge in [0.05, 0.1) is 4.92 Å². The number of nitrogens with zero attached hydrogens (tertiary/aromatic N) is 2. The van der Waals surface area contributed by atoms with Crippen LogP contribution >= 0.6 is 0 Å². The number of pyridine rings is 1. The lowest BCUT2D eigenvalue weighted by Gasteiger charge is -2.27. The lowest BCUT2D eigenvalue weighted by Crippen LogP contribution is -2.21. The Kier molecular flexibility index (Phi) is 4.93. The second kappa shape index (κ2) is 6.68. The molecule has 0 saturated heterocycles. The van der Waals surface area contributed by atoms with E-state index in [1.807, 2.05) is 0 Å². The van der Waals surface area contributed by atoms with E-state index in [1.54, 1.807) is 19.2 Å². The van der Waals surface area contributed by atoms with Gasteiger partial charge in [-0.3, -0.25) is 10.1 Å². The summed E-state index contributed by atoms with van der Waals surface area (Å²) in [7, 11) is 0. The molecule has 0 amide bonds. The van der Waals surface area contributed by atoms with Gasteiger partial charge in [0.2, 0.25) is 5.82 Å². The van der Waals surface area contributed by atoms with Crippen molar-refractivity contribution >= 4 is 11.5 Å². The van der Waals surface area contributed by atoms with Crippen LogP contribution in [-0.2, 0) is 0 Å². The summed E-state index contributed by atoms with van der Waals surface area (Å²) in [5.41, 5.74) is 0.761. The van der Waals surface area contributed by atoms with Crippen LogP contribution < -0.4 is 5.32 Å². The van der Waals surface area contributed by atoms with E-state index in [0.29, 0.717) is 17.3 Å². The van der Waals surface area contributed by atoms with Crippen LogP contribution in [0.1, 0.15) is 44.6 Å². The molecule has 1 aromatic rings. The molecule has 2 rings (SSSR count). The molecule has 110 valence electrons. The third-order valence-corrected chi connectivity index (χ3v) is 4.41. The summed E-state index contributed by atoms with van der Waals surface area (Å²) in [6.45, 7) is 4.79. The molecule has 1 saturated carbocycles. The maximum Gasteiger partial charge on any atom is 0.314 e. The molecule has 0 radical (unpaired) electrons. The molecule has 0 atom stereocenters. The third kappa shape index (κ3) is 3.46. The van der Waals surface area contributed by atoms with Gasteiger partial charge >= 0.3 is 5.69 Å². The van der Waals surface area contributed by atoms with Crippen LogP contribution in [0.2, 0.25) is 0 Å². The van der Waals surface area contributed by atoms with Gasteiger partial charge in [0.15, 0.2) is 0 Å². The Morgan fingerprint density at radius 1 is 1.35 bits per heavy atom. The van der Waals surface area contributed by atoms with E-state index in [0.717, 1.165) is 12.5 Å². The van der Waals surface area contributed by atoms with Crippen LogP contribution in [0.25, 0.3) is 0 Å². The van der Waals surface area contributed by atoms with E-state index >= 15 is 0 Å². The van der Waals surface area contributed by atoms with E-state index in [1.165, 1.54) is 32.1 Å². The largest absolute Gasteiger partial charge is 0.364 e. The first-order chi connectivity index (χ1) is 9.61. The minimum Gasteiger partial charge on any atom is -0.364 e. The number of rotatable bonds is 5. The summed E-state index contributed by atoms with van der Waals surface area (Å²) in [4.78, 5) is 14.9. The average molecular weight is 277 g/mol. The number of nitro groups is 1. The molecular formula is C15H23N3O2. The van der Waals surface area contributed by atoms with E-state index in [9.17, 15) is 10.1 Å². The molecule has 1 heterocycles. The highest BCUT2D eigenvalue weighted by molar-refractivity contribution is 5.59. The second-order valence-corrected chi connectivity index (χ2v) is 5.76. The molecule has 20 heavy (non-hydrogen) atoms. The first-order valence-electron chi connectivity index (χ1n) is 7.45. The van der Waals surface area contributed by atoms with Crippen molar-refractivity contribution in [2.75, 3.05) is 11.9 Å². The normalized spacial score (nSPS) is 22.5. The molecule has 1 aromatic heterocycles. The third-order valence-electron chi connectivity index (χ3n) is 4.41. The second-order valence-electron chi connectivity index (χ2n) is 5.76. The molecule has 1 fully saturated rings. The van der Waals surface area contributed by atoms with Crippen molar-refractivity contribution in [3.63, 3.8) is 0 Å². The van der Waals surface area contributed by atoms with Gasteiger partial charge in [-0.15, -0.1) is 0 Å². The first-order valence-corrected chi connectivity index (χ1v) is 7.45. The van der Waals surface area contributed by atoms with Crippen LogP contribution in [0, 0.1) is 28.9 Å². The molecule has 0 unspecified atom stereocenters. The minimum absolute atomic E-state index is 0.106. The standard InChI is InChI=1S/C15H23N3O2/c1-3-12-4-6-13(7-5-12)10-17-15-14(18(19)20)11(2)8-9-16-15/h8-9,12-13H,3-7,10H2,1-2H3,(H,16,17). The van der Waals surface area contributed by atoms with Gasteiger partial charge in [0, 0.05) is 18.3 Å². The highest BCUT2D eigenvalue weighted by Gasteiger charge is 2.22. The Hall–Kier alpha value is -1.65. The number of hydrogen-bond acceptors (Lipinski definition) is 4. The molecule has 0 bridgehead atoms. The van der Waals surface area contributed by atoms with Gasteiger partial charge < -0.3 is 5.32 Å². The summed E-state index contributed by atoms with van der Waals surface area (Å²) in [6, 6.07) is 1.68. The number of nitrogens with one attached hydrogen (secondary N) is 1. The number of hydrogen-bond donors (Lipinski definition) is 1. The molecule has 1 aliphatic rings. The van der Waals surface area contributed by atoms with Crippen molar-refractivity contribution in [3.8, 4) is 0 Å².